The zero-order valence-corrected chi connectivity index (χ0v) is 6.55. The third kappa shape index (κ3) is 2.03. The fourth-order valence-electron chi connectivity index (χ4n) is 1.30. The molecule has 6 heteroatoms. The van der Waals surface area contributed by atoms with Gasteiger partial charge in [0.05, 0.1) is 6.04 Å². The molecular weight excluding hydrogens is 160 g/mol. The average Bonchev–Trinajstić information content (AvgIpc) is 2.05. The second kappa shape index (κ2) is 3.82. The van der Waals surface area contributed by atoms with Crippen molar-refractivity contribution in [3.05, 3.63) is 10.4 Å². The number of rotatable bonds is 1. The number of nitrogens with zero attached hydrogens (tertiary/aromatic N) is 4. The van der Waals surface area contributed by atoms with Gasteiger partial charge in [-0.2, -0.15) is 0 Å². The van der Waals surface area contributed by atoms with Gasteiger partial charge in [0.15, 0.2) is 0 Å². The van der Waals surface area contributed by atoms with Gasteiger partial charge in [-0.05, 0) is 18.4 Å². The summed E-state index contributed by atoms with van der Waals surface area (Å²) in [6.07, 6.45) is 0.622. The molecule has 0 unspecified atom stereocenters. The summed E-state index contributed by atoms with van der Waals surface area (Å²) in [7, 11) is 0. The maximum absolute atomic E-state index is 10.5. The molecule has 0 spiro atoms. The Bertz CT molecular complexity index is 216. The Morgan fingerprint density at radius 3 is 3.08 bits per heavy atom. The lowest BCUT2D eigenvalue weighted by molar-refractivity contribution is 0.131. The van der Waals surface area contributed by atoms with Crippen molar-refractivity contribution in [2.24, 2.45) is 5.11 Å². The molecule has 1 N–H and O–H groups in total. The van der Waals surface area contributed by atoms with E-state index in [9.17, 15) is 4.79 Å². The molecule has 1 aliphatic rings. The topological polar surface area (TPSA) is 89.3 Å². The van der Waals surface area contributed by atoms with Gasteiger partial charge in [-0.3, -0.25) is 0 Å². The summed E-state index contributed by atoms with van der Waals surface area (Å²) >= 11 is 0. The van der Waals surface area contributed by atoms with Crippen molar-refractivity contribution in [3.63, 3.8) is 0 Å². The molecule has 1 rings (SSSR count). The van der Waals surface area contributed by atoms with Crippen LogP contribution in [0.2, 0.25) is 0 Å². The zero-order valence-electron chi connectivity index (χ0n) is 6.55. The lowest BCUT2D eigenvalue weighted by Crippen LogP contribution is -2.40. The van der Waals surface area contributed by atoms with Crippen molar-refractivity contribution >= 4 is 6.09 Å². The Hall–Kier alpha value is -1.42. The van der Waals surface area contributed by atoms with Crippen LogP contribution in [0.15, 0.2) is 5.11 Å². The highest BCUT2D eigenvalue weighted by Crippen LogP contribution is 2.12. The first kappa shape index (κ1) is 8.67. The van der Waals surface area contributed by atoms with Crippen molar-refractivity contribution in [2.45, 2.75) is 18.9 Å². The van der Waals surface area contributed by atoms with Gasteiger partial charge in [0.25, 0.3) is 0 Å². The number of likely N-dealkylation sites (tertiary alicyclic amines) is 1. The maximum atomic E-state index is 10.5. The molecular formula is C6H10N4O2. The SMILES string of the molecule is [N-]=[N+]=N[C@@H]1CCCN(C(=O)O)C1. The van der Waals surface area contributed by atoms with Crippen LogP contribution in [0, 0.1) is 0 Å². The summed E-state index contributed by atoms with van der Waals surface area (Å²) in [5.41, 5.74) is 8.14. The molecule has 66 valence electrons. The van der Waals surface area contributed by atoms with Gasteiger partial charge in [0, 0.05) is 18.0 Å². The number of hydrogen-bond acceptors (Lipinski definition) is 2. The number of azide groups is 1. The first-order valence-corrected chi connectivity index (χ1v) is 3.76. The Balaban J connectivity index is 2.51. The number of hydrogen-bond donors (Lipinski definition) is 1. The summed E-state index contributed by atoms with van der Waals surface area (Å²) < 4.78 is 0. The molecule has 0 aromatic rings. The molecule has 0 saturated carbocycles. The van der Waals surface area contributed by atoms with E-state index in [0.29, 0.717) is 13.1 Å². The van der Waals surface area contributed by atoms with Gasteiger partial charge in [-0.1, -0.05) is 5.11 Å². The molecule has 0 aromatic carbocycles. The maximum Gasteiger partial charge on any atom is 0.407 e. The van der Waals surface area contributed by atoms with Gasteiger partial charge in [0.2, 0.25) is 0 Å². The van der Waals surface area contributed by atoms with Crippen LogP contribution in [-0.4, -0.2) is 35.2 Å². The van der Waals surface area contributed by atoms with Crippen molar-refractivity contribution < 1.29 is 9.90 Å². The van der Waals surface area contributed by atoms with E-state index in [1.54, 1.807) is 0 Å². The highest BCUT2D eigenvalue weighted by molar-refractivity contribution is 5.65. The number of amides is 1. The van der Waals surface area contributed by atoms with E-state index in [1.165, 1.54) is 4.90 Å². The van der Waals surface area contributed by atoms with Crippen LogP contribution >= 0.6 is 0 Å². The van der Waals surface area contributed by atoms with E-state index in [2.05, 4.69) is 10.0 Å². The summed E-state index contributed by atoms with van der Waals surface area (Å²) in [6, 6.07) is -0.181. The van der Waals surface area contributed by atoms with Crippen molar-refractivity contribution in [1.29, 1.82) is 0 Å². The molecule has 12 heavy (non-hydrogen) atoms. The van der Waals surface area contributed by atoms with E-state index in [1.807, 2.05) is 0 Å². The predicted molar refractivity (Wildman–Crippen MR) is 41.8 cm³/mol. The summed E-state index contributed by atoms with van der Waals surface area (Å²) in [6.45, 7) is 0.881. The molecule has 1 heterocycles. The van der Waals surface area contributed by atoms with Crippen molar-refractivity contribution in [3.8, 4) is 0 Å². The summed E-state index contributed by atoms with van der Waals surface area (Å²) in [5.74, 6) is 0. The third-order valence-electron chi connectivity index (χ3n) is 1.88. The monoisotopic (exact) mass is 170 g/mol. The van der Waals surface area contributed by atoms with Crippen LogP contribution in [0.1, 0.15) is 12.8 Å². The Kier molecular flexibility index (Phi) is 2.76. The van der Waals surface area contributed by atoms with Crippen LogP contribution in [0.4, 0.5) is 4.79 Å². The fraction of sp³-hybridized carbons (Fsp3) is 0.833. The van der Waals surface area contributed by atoms with Gasteiger partial charge >= 0.3 is 6.09 Å². The first-order valence-electron chi connectivity index (χ1n) is 3.76. The van der Waals surface area contributed by atoms with Crippen molar-refractivity contribution in [2.75, 3.05) is 13.1 Å². The molecule has 1 aliphatic heterocycles. The summed E-state index contributed by atoms with van der Waals surface area (Å²) in [4.78, 5) is 14.4. The molecule has 0 bridgehead atoms. The minimum absolute atomic E-state index is 0.181. The van der Waals surface area contributed by atoms with Gasteiger partial charge in [-0.25, -0.2) is 4.79 Å². The van der Waals surface area contributed by atoms with Gasteiger partial charge < -0.3 is 10.0 Å². The zero-order chi connectivity index (χ0) is 8.97. The quantitative estimate of drug-likeness (QED) is 0.366. The largest absolute Gasteiger partial charge is 0.465 e. The van der Waals surface area contributed by atoms with E-state index in [4.69, 9.17) is 10.6 Å². The fourth-order valence-corrected chi connectivity index (χ4v) is 1.30. The van der Waals surface area contributed by atoms with E-state index in [-0.39, 0.29) is 6.04 Å². The van der Waals surface area contributed by atoms with Gasteiger partial charge in [0.1, 0.15) is 0 Å². The normalized spacial score (nSPS) is 23.0. The lowest BCUT2D eigenvalue weighted by atomic mass is 10.1. The number of piperidine rings is 1. The van der Waals surface area contributed by atoms with Gasteiger partial charge in [-0.15, -0.1) is 0 Å². The Morgan fingerprint density at radius 2 is 2.50 bits per heavy atom. The second-order valence-corrected chi connectivity index (χ2v) is 2.73. The highest BCUT2D eigenvalue weighted by Gasteiger charge is 2.21. The molecule has 1 amide bonds. The molecule has 0 aliphatic carbocycles. The Morgan fingerprint density at radius 1 is 1.75 bits per heavy atom. The molecule has 0 aromatic heterocycles. The van der Waals surface area contributed by atoms with Crippen LogP contribution in [0.5, 0.6) is 0 Å². The molecule has 1 saturated heterocycles. The standard InChI is InChI=1S/C6H10N4O2/c7-9-8-5-2-1-3-10(4-5)6(11)12/h5H,1-4H2,(H,11,12)/t5-/m1/s1. The van der Waals surface area contributed by atoms with Crippen LogP contribution < -0.4 is 0 Å². The second-order valence-electron chi connectivity index (χ2n) is 2.73. The van der Waals surface area contributed by atoms with Crippen LogP contribution in [0.25, 0.3) is 10.4 Å². The lowest BCUT2D eigenvalue weighted by Gasteiger charge is -2.27. The minimum atomic E-state index is -0.937. The molecule has 1 atom stereocenters. The van der Waals surface area contributed by atoms with Crippen LogP contribution in [0.3, 0.4) is 0 Å². The average molecular weight is 170 g/mol. The predicted octanol–water partition coefficient (Wildman–Crippen LogP) is 1.44. The Labute approximate surface area is 69.4 Å². The van der Waals surface area contributed by atoms with E-state index in [0.717, 1.165) is 12.8 Å². The third-order valence-corrected chi connectivity index (χ3v) is 1.88. The summed E-state index contributed by atoms with van der Waals surface area (Å²) in [5, 5.41) is 12.1. The molecule has 6 nitrogen and oxygen atoms in total. The number of carbonyl (C=O) groups is 1. The highest BCUT2D eigenvalue weighted by atomic mass is 16.4. The first-order chi connectivity index (χ1) is 5.74. The number of carboxylic acid groups (broad SMARTS) is 1. The smallest absolute Gasteiger partial charge is 0.407 e. The van der Waals surface area contributed by atoms with Crippen LogP contribution in [-0.2, 0) is 0 Å². The molecule has 1 fully saturated rings. The minimum Gasteiger partial charge on any atom is -0.465 e. The van der Waals surface area contributed by atoms with E-state index < -0.39 is 6.09 Å². The molecule has 0 radical (unpaired) electrons. The van der Waals surface area contributed by atoms with E-state index >= 15 is 0 Å². The van der Waals surface area contributed by atoms with Crippen molar-refractivity contribution in [1.82, 2.24) is 4.90 Å².